The fourth-order valence-corrected chi connectivity index (χ4v) is 9.34. The van der Waals surface area contributed by atoms with Gasteiger partial charge in [0.1, 0.15) is 0 Å². The molecule has 0 heterocycles. The average molecular weight is 945 g/mol. The van der Waals surface area contributed by atoms with E-state index in [1.165, 1.54) is 238 Å². The quantitative estimate of drug-likeness (QED) is 0.0321. The first-order chi connectivity index (χ1) is 33.0. The van der Waals surface area contributed by atoms with Crippen molar-refractivity contribution in [1.82, 2.24) is 5.32 Å². The molecule has 0 fully saturated rings. The van der Waals surface area contributed by atoms with Crippen molar-refractivity contribution in [3.05, 3.63) is 24.3 Å². The number of carbonyl (C=O) groups excluding carboxylic acids is 2. The van der Waals surface area contributed by atoms with Crippen LogP contribution >= 0.6 is 0 Å². The zero-order valence-electron chi connectivity index (χ0n) is 45.1. The van der Waals surface area contributed by atoms with Gasteiger partial charge in [-0.25, -0.2) is 0 Å². The van der Waals surface area contributed by atoms with E-state index in [1.807, 2.05) is 6.08 Å². The standard InChI is InChI=1S/C61H117NO5/c1-3-5-7-9-11-13-15-17-19-21-22-25-29-33-37-41-45-49-53-59(64)58(57-63)62-60(65)54-50-46-42-38-34-30-26-23-24-28-32-36-40-44-48-52-56-67-61(66)55-51-47-43-39-35-31-27-20-18-16-14-12-10-8-6-4-2/h23,26,49,53,58-59,63-64H,3-22,24-25,27-48,50-52,54-57H2,1-2H3,(H,62,65)/b26-23-,53-49+. The van der Waals surface area contributed by atoms with Gasteiger partial charge in [-0.1, -0.05) is 282 Å². The van der Waals surface area contributed by atoms with Crippen LogP contribution in [0.15, 0.2) is 24.3 Å². The van der Waals surface area contributed by atoms with E-state index in [0.29, 0.717) is 19.4 Å². The second-order valence-electron chi connectivity index (χ2n) is 20.7. The molecule has 2 unspecified atom stereocenters. The van der Waals surface area contributed by atoms with Crippen LogP contribution in [-0.4, -0.2) is 47.4 Å². The van der Waals surface area contributed by atoms with Gasteiger partial charge in [0.25, 0.3) is 0 Å². The van der Waals surface area contributed by atoms with Crippen molar-refractivity contribution in [3.63, 3.8) is 0 Å². The lowest BCUT2D eigenvalue weighted by molar-refractivity contribution is -0.143. The van der Waals surface area contributed by atoms with Gasteiger partial charge >= 0.3 is 5.97 Å². The molecule has 0 spiro atoms. The molecule has 396 valence electrons. The van der Waals surface area contributed by atoms with Crippen LogP contribution in [-0.2, 0) is 14.3 Å². The third kappa shape index (κ3) is 53.5. The summed E-state index contributed by atoms with van der Waals surface area (Å²) < 4.78 is 5.48. The van der Waals surface area contributed by atoms with Gasteiger partial charge in [0, 0.05) is 12.8 Å². The highest BCUT2D eigenvalue weighted by molar-refractivity contribution is 5.76. The molecule has 0 aromatic rings. The molecule has 0 radical (unpaired) electrons. The molecular formula is C61H117NO5. The van der Waals surface area contributed by atoms with Gasteiger partial charge in [-0.3, -0.25) is 9.59 Å². The fraction of sp³-hybridized carbons (Fsp3) is 0.902. The number of aliphatic hydroxyl groups is 2. The largest absolute Gasteiger partial charge is 0.466 e. The maximum Gasteiger partial charge on any atom is 0.305 e. The van der Waals surface area contributed by atoms with Gasteiger partial charge in [-0.15, -0.1) is 0 Å². The molecule has 0 aromatic heterocycles. The summed E-state index contributed by atoms with van der Waals surface area (Å²) in [5.41, 5.74) is 0. The van der Waals surface area contributed by atoms with Gasteiger partial charge < -0.3 is 20.3 Å². The summed E-state index contributed by atoms with van der Waals surface area (Å²) in [5, 5.41) is 23.1. The topological polar surface area (TPSA) is 95.9 Å². The Morgan fingerprint density at radius 3 is 1.06 bits per heavy atom. The summed E-state index contributed by atoms with van der Waals surface area (Å²) >= 11 is 0. The number of hydrogen-bond donors (Lipinski definition) is 3. The number of rotatable bonds is 56. The number of amides is 1. The molecule has 0 bridgehead atoms. The zero-order valence-corrected chi connectivity index (χ0v) is 45.1. The molecule has 2 atom stereocenters. The number of esters is 1. The van der Waals surface area contributed by atoms with Crippen molar-refractivity contribution in [1.29, 1.82) is 0 Å². The van der Waals surface area contributed by atoms with Gasteiger partial charge in [-0.05, 0) is 57.8 Å². The summed E-state index contributed by atoms with van der Waals surface area (Å²) in [7, 11) is 0. The number of ether oxygens (including phenoxy) is 1. The molecule has 3 N–H and O–H groups in total. The number of unbranched alkanes of at least 4 members (excludes halogenated alkanes) is 43. The van der Waals surface area contributed by atoms with Crippen LogP contribution in [0.3, 0.4) is 0 Å². The second kappa shape index (κ2) is 56.9. The molecule has 0 aliphatic heterocycles. The second-order valence-corrected chi connectivity index (χ2v) is 20.7. The lowest BCUT2D eigenvalue weighted by Crippen LogP contribution is -2.45. The first-order valence-corrected chi connectivity index (χ1v) is 30.1. The Kier molecular flexibility index (Phi) is 55.5. The van der Waals surface area contributed by atoms with E-state index >= 15 is 0 Å². The summed E-state index contributed by atoms with van der Waals surface area (Å²) in [4.78, 5) is 24.5. The molecule has 6 nitrogen and oxygen atoms in total. The predicted octanol–water partition coefficient (Wildman–Crippen LogP) is 18.6. The minimum absolute atomic E-state index is 0.0000289. The van der Waals surface area contributed by atoms with E-state index in [1.54, 1.807) is 6.08 Å². The van der Waals surface area contributed by atoms with E-state index in [2.05, 4.69) is 31.3 Å². The third-order valence-corrected chi connectivity index (χ3v) is 14.0. The van der Waals surface area contributed by atoms with Crippen LogP contribution in [0.1, 0.15) is 328 Å². The highest BCUT2D eigenvalue weighted by Crippen LogP contribution is 2.17. The first-order valence-electron chi connectivity index (χ1n) is 30.1. The number of carbonyl (C=O) groups is 2. The highest BCUT2D eigenvalue weighted by Gasteiger charge is 2.18. The Labute approximate surface area is 418 Å². The molecule has 0 aromatic carbocycles. The predicted molar refractivity (Wildman–Crippen MR) is 292 cm³/mol. The summed E-state index contributed by atoms with van der Waals surface area (Å²) in [5.74, 6) is -0.0827. The van der Waals surface area contributed by atoms with Crippen LogP contribution < -0.4 is 5.32 Å². The van der Waals surface area contributed by atoms with E-state index < -0.39 is 12.1 Å². The zero-order chi connectivity index (χ0) is 48.6. The molecule has 0 saturated heterocycles. The van der Waals surface area contributed by atoms with E-state index in [0.717, 1.165) is 64.2 Å². The fourth-order valence-electron chi connectivity index (χ4n) is 9.34. The minimum Gasteiger partial charge on any atom is -0.466 e. The SMILES string of the molecule is CCCCCCCCCCCCCCCCCC/C=C/C(O)C(CO)NC(=O)CCCCCCC/C=C\CCCCCCCCCOC(=O)CCCCCCCCCCCCCCCCCC. The smallest absolute Gasteiger partial charge is 0.305 e. The summed E-state index contributed by atoms with van der Waals surface area (Å²) in [6, 6.07) is -0.640. The first kappa shape index (κ1) is 65.3. The van der Waals surface area contributed by atoms with E-state index in [9.17, 15) is 19.8 Å². The molecule has 0 rings (SSSR count). The van der Waals surface area contributed by atoms with Gasteiger partial charge in [0.15, 0.2) is 0 Å². The molecule has 6 heteroatoms. The monoisotopic (exact) mass is 944 g/mol. The Bertz CT molecular complexity index is 1040. The lowest BCUT2D eigenvalue weighted by Gasteiger charge is -2.20. The third-order valence-electron chi connectivity index (χ3n) is 14.0. The van der Waals surface area contributed by atoms with Crippen molar-refractivity contribution in [3.8, 4) is 0 Å². The van der Waals surface area contributed by atoms with Crippen molar-refractivity contribution >= 4 is 11.9 Å². The molecule has 0 saturated carbocycles. The maximum atomic E-state index is 12.5. The number of allylic oxidation sites excluding steroid dienone is 3. The van der Waals surface area contributed by atoms with Crippen molar-refractivity contribution in [2.45, 2.75) is 341 Å². The Balaban J connectivity index is 3.48. The van der Waals surface area contributed by atoms with Crippen molar-refractivity contribution in [2.75, 3.05) is 13.2 Å². The minimum atomic E-state index is -0.855. The molecule has 0 aliphatic carbocycles. The van der Waals surface area contributed by atoms with Crippen LogP contribution in [0.2, 0.25) is 0 Å². The molecule has 1 amide bonds. The Morgan fingerprint density at radius 2 is 0.701 bits per heavy atom. The lowest BCUT2D eigenvalue weighted by atomic mass is 10.0. The Hall–Kier alpha value is -1.66. The van der Waals surface area contributed by atoms with E-state index in [4.69, 9.17) is 4.74 Å². The van der Waals surface area contributed by atoms with Crippen LogP contribution in [0.5, 0.6) is 0 Å². The summed E-state index contributed by atoms with van der Waals surface area (Å²) in [6.07, 6.45) is 69.2. The summed E-state index contributed by atoms with van der Waals surface area (Å²) in [6.45, 7) is 4.90. The number of hydrogen-bond acceptors (Lipinski definition) is 5. The molecule has 67 heavy (non-hydrogen) atoms. The van der Waals surface area contributed by atoms with Gasteiger partial charge in [0.2, 0.25) is 5.91 Å². The van der Waals surface area contributed by atoms with Crippen molar-refractivity contribution in [2.24, 2.45) is 0 Å². The van der Waals surface area contributed by atoms with Crippen molar-refractivity contribution < 1.29 is 24.5 Å². The molecular weight excluding hydrogens is 827 g/mol. The van der Waals surface area contributed by atoms with Gasteiger partial charge in [-0.2, -0.15) is 0 Å². The van der Waals surface area contributed by atoms with Crippen LogP contribution in [0.4, 0.5) is 0 Å². The highest BCUT2D eigenvalue weighted by atomic mass is 16.5. The Morgan fingerprint density at radius 1 is 0.403 bits per heavy atom. The maximum absolute atomic E-state index is 12.5. The van der Waals surface area contributed by atoms with Crippen LogP contribution in [0.25, 0.3) is 0 Å². The number of aliphatic hydroxyl groups excluding tert-OH is 2. The van der Waals surface area contributed by atoms with E-state index in [-0.39, 0.29) is 18.5 Å². The average Bonchev–Trinajstić information content (AvgIpc) is 3.33. The number of nitrogens with one attached hydrogen (secondary N) is 1. The van der Waals surface area contributed by atoms with Gasteiger partial charge in [0.05, 0.1) is 25.4 Å². The van der Waals surface area contributed by atoms with Crippen LogP contribution in [0, 0.1) is 0 Å². The molecule has 0 aliphatic rings. The normalized spacial score (nSPS) is 12.7.